The highest BCUT2D eigenvalue weighted by Crippen LogP contribution is 2.30. The van der Waals surface area contributed by atoms with Gasteiger partial charge in [0.1, 0.15) is 5.78 Å². The molecule has 0 unspecified atom stereocenters. The lowest BCUT2D eigenvalue weighted by molar-refractivity contribution is -0.120. The van der Waals surface area contributed by atoms with Crippen molar-refractivity contribution in [3.63, 3.8) is 0 Å². The van der Waals surface area contributed by atoms with Crippen molar-refractivity contribution in [2.24, 2.45) is 0 Å². The highest BCUT2D eigenvalue weighted by atomic mass is 16.4. The van der Waals surface area contributed by atoms with Gasteiger partial charge < -0.3 is 10.0 Å². The number of carbonyl (C=O) groups is 1. The largest absolute Gasteiger partial charge is 0.488 e. The molecule has 0 radical (unpaired) electrons. The first-order valence-corrected chi connectivity index (χ1v) is 5.64. The van der Waals surface area contributed by atoms with Crippen LogP contribution in [0.5, 0.6) is 0 Å². The van der Waals surface area contributed by atoms with E-state index >= 15 is 0 Å². The lowest BCUT2D eigenvalue weighted by Gasteiger charge is -2.21. The lowest BCUT2D eigenvalue weighted by Crippen LogP contribution is -2.29. The van der Waals surface area contributed by atoms with Crippen LogP contribution >= 0.6 is 0 Å². The molecule has 0 saturated heterocycles. The van der Waals surface area contributed by atoms with Crippen molar-refractivity contribution in [1.29, 1.82) is 0 Å². The molecule has 16 heavy (non-hydrogen) atoms. The predicted molar refractivity (Wildman–Crippen MR) is 62.5 cm³/mol. The number of benzene rings is 1. The van der Waals surface area contributed by atoms with Crippen LogP contribution in [0.2, 0.25) is 0 Å². The number of hydrogen-bond donors (Lipinski definition) is 2. The SMILES string of the molecule is O=C1CCC(c2ccc(B(O)O)cc2)CC1. The van der Waals surface area contributed by atoms with Crippen molar-refractivity contribution in [1.82, 2.24) is 0 Å². The molecule has 0 heterocycles. The first-order chi connectivity index (χ1) is 7.66. The maximum absolute atomic E-state index is 11.1. The minimum Gasteiger partial charge on any atom is -0.423 e. The zero-order valence-electron chi connectivity index (χ0n) is 9.10. The van der Waals surface area contributed by atoms with Gasteiger partial charge in [0, 0.05) is 12.8 Å². The van der Waals surface area contributed by atoms with Crippen LogP contribution in [0.3, 0.4) is 0 Å². The van der Waals surface area contributed by atoms with Gasteiger partial charge >= 0.3 is 7.12 Å². The van der Waals surface area contributed by atoms with Crippen LogP contribution < -0.4 is 5.46 Å². The smallest absolute Gasteiger partial charge is 0.423 e. The van der Waals surface area contributed by atoms with E-state index in [1.165, 1.54) is 5.56 Å². The third kappa shape index (κ3) is 2.51. The van der Waals surface area contributed by atoms with Gasteiger partial charge in [-0.25, -0.2) is 0 Å². The van der Waals surface area contributed by atoms with Gasteiger partial charge in [0.25, 0.3) is 0 Å². The molecule has 0 spiro atoms. The Bertz CT molecular complexity index is 362. The number of hydrogen-bond acceptors (Lipinski definition) is 3. The topological polar surface area (TPSA) is 57.5 Å². The Kier molecular flexibility index (Phi) is 3.41. The monoisotopic (exact) mass is 218 g/mol. The molecule has 2 rings (SSSR count). The number of rotatable bonds is 2. The summed E-state index contributed by atoms with van der Waals surface area (Å²) in [5, 5.41) is 17.9. The molecule has 0 aliphatic heterocycles. The van der Waals surface area contributed by atoms with Crippen LogP contribution in [0.15, 0.2) is 24.3 Å². The van der Waals surface area contributed by atoms with Gasteiger partial charge in [-0.2, -0.15) is 0 Å². The first-order valence-electron chi connectivity index (χ1n) is 5.64. The van der Waals surface area contributed by atoms with E-state index < -0.39 is 7.12 Å². The van der Waals surface area contributed by atoms with Gasteiger partial charge in [-0.15, -0.1) is 0 Å². The zero-order chi connectivity index (χ0) is 11.5. The Morgan fingerprint density at radius 2 is 1.62 bits per heavy atom. The molecule has 0 amide bonds. The fourth-order valence-electron chi connectivity index (χ4n) is 2.21. The van der Waals surface area contributed by atoms with Crippen LogP contribution in [-0.4, -0.2) is 22.9 Å². The molecule has 1 aliphatic rings. The normalized spacial score (nSPS) is 17.5. The van der Waals surface area contributed by atoms with Crippen molar-refractivity contribution >= 4 is 18.4 Å². The Hall–Kier alpha value is -1.13. The summed E-state index contributed by atoms with van der Waals surface area (Å²) in [4.78, 5) is 11.1. The second-order valence-electron chi connectivity index (χ2n) is 4.35. The van der Waals surface area contributed by atoms with E-state index in [1.807, 2.05) is 12.1 Å². The standard InChI is InChI=1S/C12H15BO3/c14-12-7-3-10(4-8-12)9-1-5-11(6-2-9)13(15)16/h1-2,5-6,10,15-16H,3-4,7-8H2. The Morgan fingerprint density at radius 1 is 1.06 bits per heavy atom. The maximum atomic E-state index is 11.1. The average molecular weight is 218 g/mol. The molecule has 84 valence electrons. The third-order valence-electron chi connectivity index (χ3n) is 3.25. The minimum atomic E-state index is -1.40. The average Bonchev–Trinajstić information content (AvgIpc) is 2.30. The molecule has 0 aromatic heterocycles. The summed E-state index contributed by atoms with van der Waals surface area (Å²) in [6.45, 7) is 0. The first kappa shape index (κ1) is 11.4. The highest BCUT2D eigenvalue weighted by Gasteiger charge is 2.20. The number of Topliss-reactive ketones (excluding diaryl/α,β-unsaturated/α-hetero) is 1. The van der Waals surface area contributed by atoms with Crippen molar-refractivity contribution in [3.8, 4) is 0 Å². The number of ketones is 1. The van der Waals surface area contributed by atoms with Gasteiger partial charge in [0.2, 0.25) is 0 Å². The summed E-state index contributed by atoms with van der Waals surface area (Å²) in [5.41, 5.74) is 1.70. The summed E-state index contributed by atoms with van der Waals surface area (Å²) in [6, 6.07) is 7.32. The summed E-state index contributed by atoms with van der Waals surface area (Å²) < 4.78 is 0. The molecule has 2 N–H and O–H groups in total. The summed E-state index contributed by atoms with van der Waals surface area (Å²) in [6.07, 6.45) is 3.18. The van der Waals surface area contributed by atoms with Gasteiger partial charge in [-0.05, 0) is 29.8 Å². The molecule has 3 nitrogen and oxygen atoms in total. The second-order valence-corrected chi connectivity index (χ2v) is 4.35. The maximum Gasteiger partial charge on any atom is 0.488 e. The number of carbonyl (C=O) groups excluding carboxylic acids is 1. The van der Waals surface area contributed by atoms with Crippen molar-refractivity contribution in [3.05, 3.63) is 29.8 Å². The molecule has 1 aromatic rings. The van der Waals surface area contributed by atoms with Gasteiger partial charge in [-0.3, -0.25) is 4.79 Å². The second kappa shape index (κ2) is 4.81. The van der Waals surface area contributed by atoms with Crippen LogP contribution in [0.4, 0.5) is 0 Å². The van der Waals surface area contributed by atoms with E-state index in [1.54, 1.807) is 12.1 Å². The van der Waals surface area contributed by atoms with Crippen molar-refractivity contribution in [2.45, 2.75) is 31.6 Å². The van der Waals surface area contributed by atoms with E-state index in [4.69, 9.17) is 10.0 Å². The van der Waals surface area contributed by atoms with Crippen molar-refractivity contribution < 1.29 is 14.8 Å². The molecule has 1 aliphatic carbocycles. The van der Waals surface area contributed by atoms with Crippen LogP contribution in [0, 0.1) is 0 Å². The van der Waals surface area contributed by atoms with Crippen LogP contribution in [0.25, 0.3) is 0 Å². The molecule has 1 fully saturated rings. The van der Waals surface area contributed by atoms with E-state index in [9.17, 15) is 4.79 Å². The molecule has 1 aromatic carbocycles. The molecular weight excluding hydrogens is 203 g/mol. The predicted octanol–water partition coefficient (Wildman–Crippen LogP) is 0.593. The summed E-state index contributed by atoms with van der Waals surface area (Å²) >= 11 is 0. The molecule has 1 saturated carbocycles. The molecule has 0 atom stereocenters. The van der Waals surface area contributed by atoms with Gasteiger partial charge in [-0.1, -0.05) is 24.3 Å². The Balaban J connectivity index is 2.07. The summed E-state index contributed by atoms with van der Waals surface area (Å²) in [5.74, 6) is 0.807. The fourth-order valence-corrected chi connectivity index (χ4v) is 2.21. The van der Waals surface area contributed by atoms with Crippen molar-refractivity contribution in [2.75, 3.05) is 0 Å². The molecular formula is C12H15BO3. The third-order valence-corrected chi connectivity index (χ3v) is 3.25. The van der Waals surface area contributed by atoms with Gasteiger partial charge in [0.15, 0.2) is 0 Å². The Labute approximate surface area is 95.3 Å². The quantitative estimate of drug-likeness (QED) is 0.714. The van der Waals surface area contributed by atoms with Crippen LogP contribution in [0.1, 0.15) is 37.2 Å². The highest BCUT2D eigenvalue weighted by molar-refractivity contribution is 6.58. The van der Waals surface area contributed by atoms with E-state index in [0.717, 1.165) is 12.8 Å². The zero-order valence-corrected chi connectivity index (χ0v) is 9.10. The van der Waals surface area contributed by atoms with Crippen LogP contribution in [-0.2, 0) is 4.79 Å². The minimum absolute atomic E-state index is 0.360. The van der Waals surface area contributed by atoms with E-state index in [0.29, 0.717) is 30.0 Å². The summed E-state index contributed by atoms with van der Waals surface area (Å²) in [7, 11) is -1.40. The Morgan fingerprint density at radius 3 is 2.12 bits per heavy atom. The van der Waals surface area contributed by atoms with E-state index in [2.05, 4.69) is 0 Å². The van der Waals surface area contributed by atoms with E-state index in [-0.39, 0.29) is 0 Å². The van der Waals surface area contributed by atoms with Gasteiger partial charge in [0.05, 0.1) is 0 Å². The molecule has 0 bridgehead atoms. The lowest BCUT2D eigenvalue weighted by atomic mass is 9.78. The molecule has 4 heteroatoms. The fraction of sp³-hybridized carbons (Fsp3) is 0.417.